The summed E-state index contributed by atoms with van der Waals surface area (Å²) in [5, 5.41) is 14.7. The summed E-state index contributed by atoms with van der Waals surface area (Å²) in [4.78, 5) is 40.3. The highest BCUT2D eigenvalue weighted by Gasteiger charge is 2.31. The third-order valence-corrected chi connectivity index (χ3v) is 9.89. The predicted octanol–water partition coefficient (Wildman–Crippen LogP) is 3.19. The van der Waals surface area contributed by atoms with Gasteiger partial charge in [0, 0.05) is 48.2 Å². The van der Waals surface area contributed by atoms with Crippen LogP contribution in [-0.2, 0) is 42.7 Å². The van der Waals surface area contributed by atoms with E-state index in [9.17, 15) is 9.59 Å². The van der Waals surface area contributed by atoms with Gasteiger partial charge >= 0.3 is 0 Å². The normalized spacial score (nSPS) is 15.2. The fourth-order valence-corrected chi connectivity index (χ4v) is 6.83. The monoisotopic (exact) mass is 853 g/mol. The fourth-order valence-electron chi connectivity index (χ4n) is 6.83. The highest BCUT2D eigenvalue weighted by Crippen LogP contribution is 2.39. The first-order valence-electron chi connectivity index (χ1n) is 20.7. The van der Waals surface area contributed by atoms with Gasteiger partial charge in [-0.05, 0) is 43.3 Å². The van der Waals surface area contributed by atoms with Crippen LogP contribution in [0.1, 0.15) is 43.8 Å². The molecule has 3 heterocycles. The van der Waals surface area contributed by atoms with Gasteiger partial charge in [0.25, 0.3) is 0 Å². The summed E-state index contributed by atoms with van der Waals surface area (Å²) in [5.41, 5.74) is 17.5. The molecule has 1 saturated carbocycles. The van der Waals surface area contributed by atoms with Crippen molar-refractivity contribution in [2.75, 3.05) is 125 Å². The minimum atomic E-state index is -0.114. The molecule has 3 aromatic heterocycles. The van der Waals surface area contributed by atoms with E-state index < -0.39 is 0 Å². The molecule has 21 heteroatoms. The van der Waals surface area contributed by atoms with E-state index in [-0.39, 0.29) is 30.1 Å². The zero-order valence-corrected chi connectivity index (χ0v) is 34.9. The van der Waals surface area contributed by atoms with Gasteiger partial charge in [-0.3, -0.25) is 9.59 Å². The smallest absolute Gasteiger partial charge is 0.223 e. The molecule has 1 fully saturated rings. The second kappa shape index (κ2) is 27.0. The molecule has 61 heavy (non-hydrogen) atoms. The van der Waals surface area contributed by atoms with Gasteiger partial charge in [0.2, 0.25) is 11.8 Å². The lowest BCUT2D eigenvalue weighted by atomic mass is 9.81. The van der Waals surface area contributed by atoms with E-state index in [0.29, 0.717) is 129 Å². The molecule has 21 nitrogen and oxygen atoms in total. The van der Waals surface area contributed by atoms with E-state index in [1.165, 1.54) is 6.33 Å². The van der Waals surface area contributed by atoms with Crippen LogP contribution in [0, 0.1) is 5.92 Å². The van der Waals surface area contributed by atoms with Gasteiger partial charge in [-0.2, -0.15) is 5.10 Å². The van der Waals surface area contributed by atoms with Crippen molar-refractivity contribution in [3.8, 4) is 17.1 Å². The van der Waals surface area contributed by atoms with Gasteiger partial charge in [0.1, 0.15) is 29.1 Å². The van der Waals surface area contributed by atoms with Crippen molar-refractivity contribution in [2.45, 2.75) is 38.0 Å². The quantitative estimate of drug-likeness (QED) is 0.0245. The number of ether oxygens (including phenoxy) is 8. The highest BCUT2D eigenvalue weighted by atomic mass is 16.6. The van der Waals surface area contributed by atoms with Crippen LogP contribution in [0.25, 0.3) is 38.3 Å². The Balaban J connectivity index is 0.827. The molecular formula is C40H59N11O10. The number of nitrogens with two attached hydrogens (primary N) is 1. The van der Waals surface area contributed by atoms with Crippen LogP contribution in [0.15, 0.2) is 35.7 Å². The number of methoxy groups -OCH3 is 1. The second-order valence-electron chi connectivity index (χ2n) is 14.0. The Kier molecular flexibility index (Phi) is 20.7. The first-order chi connectivity index (χ1) is 30.0. The maximum absolute atomic E-state index is 13.0. The molecule has 0 saturated heterocycles. The SMILES string of the molecule is COc1cccc2cc(-c3nc(C4CCC(C(=O)NCCOCCOCCOCCNC(=O)CCOCCOCCOCCOCCN=[N+]=[N-])CC4)n4ncnc(N)c34)[nH]c12. The van der Waals surface area contributed by atoms with Gasteiger partial charge in [-0.1, -0.05) is 17.2 Å². The number of amides is 2. The van der Waals surface area contributed by atoms with Crippen LogP contribution < -0.4 is 21.1 Å². The van der Waals surface area contributed by atoms with Crippen LogP contribution in [-0.4, -0.2) is 156 Å². The molecule has 5 N–H and O–H groups in total. The molecule has 1 aliphatic rings. The third-order valence-electron chi connectivity index (χ3n) is 9.89. The molecule has 0 atom stereocenters. The lowest BCUT2D eigenvalue weighted by Gasteiger charge is -2.26. The molecule has 2 amide bonds. The molecule has 5 rings (SSSR count). The zero-order chi connectivity index (χ0) is 42.9. The number of hydrogen-bond acceptors (Lipinski definition) is 15. The van der Waals surface area contributed by atoms with Crippen molar-refractivity contribution in [2.24, 2.45) is 11.0 Å². The Morgan fingerprint density at radius 3 is 2.10 bits per heavy atom. The minimum absolute atomic E-state index is 0.0351. The number of nitrogens with one attached hydrogen (secondary N) is 3. The predicted molar refractivity (Wildman–Crippen MR) is 224 cm³/mol. The summed E-state index contributed by atoms with van der Waals surface area (Å²) in [6.45, 7) is 6.69. The number of carbonyl (C=O) groups excluding carboxylic acids is 2. The number of azide groups is 1. The number of imidazole rings is 1. The molecule has 0 radical (unpaired) electrons. The summed E-state index contributed by atoms with van der Waals surface area (Å²) in [6.07, 6.45) is 4.76. The standard InChI is InChI=1S/C40H59N11O10/c1-54-33-4-2-3-31-27-32(48-35(31)33)36-37-38(41)45-28-47-51(37)39(49-36)29-5-7-30(8-6-29)40(53)44-11-15-57-19-23-60-22-18-56-14-10-43-34(52)9-13-55-17-21-59-25-26-61-24-20-58-16-12-46-50-42/h2-4,27-30,48H,5-26H2,1H3,(H,43,52)(H,44,53)(H2,41,45,47). The Hall–Kier alpha value is -5.12. The molecule has 0 unspecified atom stereocenters. The summed E-state index contributed by atoms with van der Waals surface area (Å²) in [5.74, 6) is 1.85. The number of fused-ring (bicyclic) bond motifs is 2. The number of nitrogen functional groups attached to an aromatic ring is 1. The summed E-state index contributed by atoms with van der Waals surface area (Å²) in [6, 6.07) is 7.89. The van der Waals surface area contributed by atoms with Crippen molar-refractivity contribution < 1.29 is 47.5 Å². The second-order valence-corrected chi connectivity index (χ2v) is 14.0. The zero-order valence-electron chi connectivity index (χ0n) is 34.9. The van der Waals surface area contributed by atoms with Gasteiger partial charge in [0.05, 0.1) is 111 Å². The fraction of sp³-hybridized carbons (Fsp3) is 0.625. The summed E-state index contributed by atoms with van der Waals surface area (Å²) < 4.78 is 45.4. The van der Waals surface area contributed by atoms with Crippen LogP contribution in [0.4, 0.5) is 5.82 Å². The molecule has 4 aromatic rings. The summed E-state index contributed by atoms with van der Waals surface area (Å²) in [7, 11) is 1.64. The molecule has 1 aromatic carbocycles. The Bertz CT molecular complexity index is 1960. The van der Waals surface area contributed by atoms with E-state index in [1.54, 1.807) is 11.6 Å². The number of nitrogens with zero attached hydrogens (tertiary/aromatic N) is 7. The average molecular weight is 854 g/mol. The van der Waals surface area contributed by atoms with E-state index >= 15 is 0 Å². The number of anilines is 1. The molecular weight excluding hydrogens is 795 g/mol. The highest BCUT2D eigenvalue weighted by molar-refractivity contribution is 5.93. The number of benzene rings is 1. The number of rotatable bonds is 31. The Labute approximate surface area is 354 Å². The van der Waals surface area contributed by atoms with Crippen molar-refractivity contribution in [1.82, 2.24) is 35.2 Å². The van der Waals surface area contributed by atoms with Gasteiger partial charge in [0.15, 0.2) is 5.82 Å². The molecule has 1 aliphatic carbocycles. The lowest BCUT2D eigenvalue weighted by molar-refractivity contribution is -0.126. The number of H-pyrrole nitrogens is 1. The largest absolute Gasteiger partial charge is 0.495 e. The van der Waals surface area contributed by atoms with E-state index in [2.05, 4.69) is 35.7 Å². The maximum atomic E-state index is 13.0. The van der Waals surface area contributed by atoms with Gasteiger partial charge in [-0.15, -0.1) is 0 Å². The average Bonchev–Trinajstić information content (AvgIpc) is 3.90. The molecule has 0 aliphatic heterocycles. The van der Waals surface area contributed by atoms with Crippen molar-refractivity contribution in [3.63, 3.8) is 0 Å². The molecule has 0 bridgehead atoms. The van der Waals surface area contributed by atoms with Gasteiger partial charge in [-0.25, -0.2) is 14.5 Å². The number of aromatic amines is 1. The number of para-hydroxylation sites is 1. The minimum Gasteiger partial charge on any atom is -0.495 e. The van der Waals surface area contributed by atoms with Crippen molar-refractivity contribution in [3.05, 3.63) is 46.9 Å². The first kappa shape index (κ1) is 46.9. The third kappa shape index (κ3) is 15.4. The molecule has 334 valence electrons. The van der Waals surface area contributed by atoms with E-state index in [4.69, 9.17) is 54.1 Å². The number of carbonyl (C=O) groups is 2. The molecule has 0 spiro atoms. The van der Waals surface area contributed by atoms with E-state index in [1.807, 2.05) is 24.3 Å². The van der Waals surface area contributed by atoms with Crippen molar-refractivity contribution in [1.29, 1.82) is 0 Å². The maximum Gasteiger partial charge on any atom is 0.223 e. The Morgan fingerprint density at radius 2 is 1.46 bits per heavy atom. The van der Waals surface area contributed by atoms with Crippen LogP contribution >= 0.6 is 0 Å². The van der Waals surface area contributed by atoms with Crippen LogP contribution in [0.5, 0.6) is 5.75 Å². The first-order valence-corrected chi connectivity index (χ1v) is 20.7. The Morgan fingerprint density at radius 1 is 0.852 bits per heavy atom. The lowest BCUT2D eigenvalue weighted by Crippen LogP contribution is -2.35. The van der Waals surface area contributed by atoms with Crippen LogP contribution in [0.3, 0.4) is 0 Å². The van der Waals surface area contributed by atoms with E-state index in [0.717, 1.165) is 53.9 Å². The van der Waals surface area contributed by atoms with Gasteiger partial charge < -0.3 is 59.2 Å². The summed E-state index contributed by atoms with van der Waals surface area (Å²) >= 11 is 0. The van der Waals surface area contributed by atoms with Crippen LogP contribution in [0.2, 0.25) is 0 Å². The van der Waals surface area contributed by atoms with Crippen molar-refractivity contribution >= 4 is 34.1 Å². The number of aromatic nitrogens is 5. The topological polar surface area (TPSA) is 266 Å². The number of hydrogen-bond donors (Lipinski definition) is 4.